The highest BCUT2D eigenvalue weighted by Crippen LogP contribution is 2.27. The second-order valence-electron chi connectivity index (χ2n) is 4.66. The Morgan fingerprint density at radius 3 is 2.75 bits per heavy atom. The lowest BCUT2D eigenvalue weighted by molar-refractivity contribution is 0.354. The van der Waals surface area contributed by atoms with E-state index in [9.17, 15) is 0 Å². The Kier molecular flexibility index (Phi) is 3.82. The Bertz CT molecular complexity index is 327. The largest absolute Gasteiger partial charge is 0.348 e. The first-order valence-corrected chi connectivity index (χ1v) is 7.03. The summed E-state index contributed by atoms with van der Waals surface area (Å²) in [5.41, 5.74) is 7.16. The van der Waals surface area contributed by atoms with Crippen LogP contribution < -0.4 is 10.6 Å². The van der Waals surface area contributed by atoms with Gasteiger partial charge in [0.1, 0.15) is 0 Å². The third-order valence-corrected chi connectivity index (χ3v) is 4.41. The van der Waals surface area contributed by atoms with Crippen molar-refractivity contribution in [3.63, 3.8) is 0 Å². The highest BCUT2D eigenvalue weighted by atomic mass is 32.1. The zero-order valence-corrected chi connectivity index (χ0v) is 11.0. The summed E-state index contributed by atoms with van der Waals surface area (Å²) in [5.74, 6) is 0.696. The predicted molar refractivity (Wildman–Crippen MR) is 70.1 cm³/mol. The molecule has 1 atom stereocenters. The minimum Gasteiger partial charge on any atom is -0.348 e. The number of nitrogens with zero attached hydrogens (tertiary/aromatic N) is 2. The zero-order valence-electron chi connectivity index (χ0n) is 10.1. The normalized spacial score (nSPS) is 20.1. The van der Waals surface area contributed by atoms with Crippen molar-refractivity contribution >= 4 is 16.5 Å². The molecule has 90 valence electrons. The number of piperidine rings is 1. The molecule has 0 aliphatic carbocycles. The minimum absolute atomic E-state index is 0.338. The van der Waals surface area contributed by atoms with Gasteiger partial charge in [-0.1, -0.05) is 6.92 Å². The fraction of sp³-hybridized carbons (Fsp3) is 0.750. The number of nitrogens with two attached hydrogens (primary N) is 1. The third-order valence-electron chi connectivity index (χ3n) is 3.46. The summed E-state index contributed by atoms with van der Waals surface area (Å²) in [6, 6.07) is 0.338. The Morgan fingerprint density at radius 2 is 2.25 bits per heavy atom. The number of aryl methyl sites for hydroxylation is 1. The molecular formula is C12H21N3S. The number of rotatable bonds is 3. The smallest absolute Gasteiger partial charge is 0.185 e. The van der Waals surface area contributed by atoms with Crippen LogP contribution in [0.25, 0.3) is 0 Å². The summed E-state index contributed by atoms with van der Waals surface area (Å²) in [4.78, 5) is 7.04. The van der Waals surface area contributed by atoms with Crippen LogP contribution in [0.3, 0.4) is 0 Å². The van der Waals surface area contributed by atoms with E-state index >= 15 is 0 Å². The average molecular weight is 239 g/mol. The molecule has 4 heteroatoms. The van der Waals surface area contributed by atoms with Crippen molar-refractivity contribution < 1.29 is 0 Å². The van der Waals surface area contributed by atoms with Gasteiger partial charge in [-0.3, -0.25) is 0 Å². The third kappa shape index (κ3) is 2.55. The molecule has 1 unspecified atom stereocenters. The van der Waals surface area contributed by atoms with Crippen LogP contribution in [0, 0.1) is 5.92 Å². The van der Waals surface area contributed by atoms with Crippen LogP contribution >= 0.6 is 11.3 Å². The SMILES string of the molecule is CCc1csc(N2CCC(C(C)N)CC2)n1. The second kappa shape index (κ2) is 5.15. The second-order valence-corrected chi connectivity index (χ2v) is 5.50. The lowest BCUT2D eigenvalue weighted by atomic mass is 9.91. The van der Waals surface area contributed by atoms with Crippen molar-refractivity contribution in [2.45, 2.75) is 39.2 Å². The van der Waals surface area contributed by atoms with Crippen LogP contribution in [0.5, 0.6) is 0 Å². The van der Waals surface area contributed by atoms with Crippen molar-refractivity contribution in [2.75, 3.05) is 18.0 Å². The molecule has 1 aromatic heterocycles. The van der Waals surface area contributed by atoms with E-state index < -0.39 is 0 Å². The van der Waals surface area contributed by atoms with Gasteiger partial charge in [-0.2, -0.15) is 0 Å². The molecule has 16 heavy (non-hydrogen) atoms. The highest BCUT2D eigenvalue weighted by molar-refractivity contribution is 7.13. The summed E-state index contributed by atoms with van der Waals surface area (Å²) in [7, 11) is 0. The molecule has 0 radical (unpaired) electrons. The summed E-state index contributed by atoms with van der Waals surface area (Å²) < 4.78 is 0. The Balaban J connectivity index is 1.93. The minimum atomic E-state index is 0.338. The maximum Gasteiger partial charge on any atom is 0.185 e. The van der Waals surface area contributed by atoms with Crippen molar-refractivity contribution in [1.82, 2.24) is 4.98 Å². The number of thiazole rings is 1. The van der Waals surface area contributed by atoms with Crippen LogP contribution in [-0.2, 0) is 6.42 Å². The molecule has 3 nitrogen and oxygen atoms in total. The van der Waals surface area contributed by atoms with Gasteiger partial charge < -0.3 is 10.6 Å². The molecule has 0 bridgehead atoms. The Labute approximate surface area is 102 Å². The first-order chi connectivity index (χ1) is 7.70. The monoisotopic (exact) mass is 239 g/mol. The van der Waals surface area contributed by atoms with Crippen molar-refractivity contribution in [3.8, 4) is 0 Å². The van der Waals surface area contributed by atoms with Gasteiger partial charge in [-0.05, 0) is 32.1 Å². The quantitative estimate of drug-likeness (QED) is 0.880. The molecule has 0 aromatic carbocycles. The van der Waals surface area contributed by atoms with E-state index in [0.29, 0.717) is 12.0 Å². The van der Waals surface area contributed by atoms with E-state index in [1.807, 2.05) is 0 Å². The highest BCUT2D eigenvalue weighted by Gasteiger charge is 2.23. The van der Waals surface area contributed by atoms with Crippen molar-refractivity contribution in [1.29, 1.82) is 0 Å². The van der Waals surface area contributed by atoms with Gasteiger partial charge in [-0.25, -0.2) is 4.98 Å². The zero-order chi connectivity index (χ0) is 11.5. The molecule has 0 amide bonds. The number of aromatic nitrogens is 1. The van der Waals surface area contributed by atoms with Gasteiger partial charge in [0.05, 0.1) is 5.69 Å². The lowest BCUT2D eigenvalue weighted by Crippen LogP contribution is -2.39. The molecule has 2 rings (SSSR count). The molecule has 0 saturated carbocycles. The molecule has 2 heterocycles. The van der Waals surface area contributed by atoms with Crippen LogP contribution in [0.15, 0.2) is 5.38 Å². The van der Waals surface area contributed by atoms with Crippen LogP contribution in [0.2, 0.25) is 0 Å². The lowest BCUT2D eigenvalue weighted by Gasteiger charge is -2.33. The van der Waals surface area contributed by atoms with Crippen molar-refractivity contribution in [3.05, 3.63) is 11.1 Å². The predicted octanol–water partition coefficient (Wildman–Crippen LogP) is 2.27. The van der Waals surface area contributed by atoms with Gasteiger partial charge in [0, 0.05) is 24.5 Å². The topological polar surface area (TPSA) is 42.1 Å². The maximum atomic E-state index is 5.95. The summed E-state index contributed by atoms with van der Waals surface area (Å²) in [6.45, 7) is 6.51. The first kappa shape index (κ1) is 11.9. The van der Waals surface area contributed by atoms with E-state index in [-0.39, 0.29) is 0 Å². The van der Waals surface area contributed by atoms with Crippen molar-refractivity contribution in [2.24, 2.45) is 11.7 Å². The molecule has 2 N–H and O–H groups in total. The first-order valence-electron chi connectivity index (χ1n) is 6.15. The van der Waals surface area contributed by atoms with E-state index in [0.717, 1.165) is 19.5 Å². The van der Waals surface area contributed by atoms with Crippen LogP contribution in [-0.4, -0.2) is 24.1 Å². The van der Waals surface area contributed by atoms with E-state index in [1.54, 1.807) is 11.3 Å². The fourth-order valence-corrected chi connectivity index (χ4v) is 3.18. The molecule has 0 spiro atoms. The fourth-order valence-electron chi connectivity index (χ4n) is 2.22. The van der Waals surface area contributed by atoms with Crippen LogP contribution in [0.1, 0.15) is 32.4 Å². The van der Waals surface area contributed by atoms with Gasteiger partial charge in [0.15, 0.2) is 5.13 Å². The van der Waals surface area contributed by atoms with Crippen LogP contribution in [0.4, 0.5) is 5.13 Å². The van der Waals surface area contributed by atoms with E-state index in [4.69, 9.17) is 5.73 Å². The van der Waals surface area contributed by atoms with Gasteiger partial charge in [0.25, 0.3) is 0 Å². The van der Waals surface area contributed by atoms with Gasteiger partial charge >= 0.3 is 0 Å². The molecular weight excluding hydrogens is 218 g/mol. The van der Waals surface area contributed by atoms with Gasteiger partial charge in [0.2, 0.25) is 0 Å². The molecule has 1 saturated heterocycles. The van der Waals surface area contributed by atoms with Gasteiger partial charge in [-0.15, -0.1) is 11.3 Å². The molecule has 1 fully saturated rings. The summed E-state index contributed by atoms with van der Waals surface area (Å²) in [6.07, 6.45) is 3.45. The standard InChI is InChI=1S/C12H21N3S/c1-3-11-8-16-12(14-11)15-6-4-10(5-7-15)9(2)13/h8-10H,3-7,13H2,1-2H3. The average Bonchev–Trinajstić information content (AvgIpc) is 2.77. The number of hydrogen-bond acceptors (Lipinski definition) is 4. The van der Waals surface area contributed by atoms with E-state index in [1.165, 1.54) is 23.7 Å². The Hall–Kier alpha value is -0.610. The molecule has 1 aliphatic rings. The maximum absolute atomic E-state index is 5.95. The van der Waals surface area contributed by atoms with E-state index in [2.05, 4.69) is 29.1 Å². The Morgan fingerprint density at radius 1 is 1.56 bits per heavy atom. The summed E-state index contributed by atoms with van der Waals surface area (Å²) >= 11 is 1.77. The molecule has 1 aromatic rings. The molecule has 1 aliphatic heterocycles. The number of anilines is 1. The summed E-state index contributed by atoms with van der Waals surface area (Å²) in [5, 5.41) is 3.37. The number of hydrogen-bond donors (Lipinski definition) is 1.